The predicted molar refractivity (Wildman–Crippen MR) is 71.3 cm³/mol. The van der Waals surface area contributed by atoms with Gasteiger partial charge in [-0.2, -0.15) is 17.6 Å². The third-order valence-electron chi connectivity index (χ3n) is 2.81. The van der Waals surface area contributed by atoms with Gasteiger partial charge < -0.3 is 0 Å². The van der Waals surface area contributed by atoms with Crippen LogP contribution >= 0.6 is 0 Å². The lowest BCUT2D eigenvalue weighted by atomic mass is 10.2. The Kier molecular flexibility index (Phi) is 2.60. The molecule has 6 heteroatoms. The van der Waals surface area contributed by atoms with Crippen LogP contribution in [0, 0.1) is 6.92 Å². The van der Waals surface area contributed by atoms with Crippen LogP contribution in [-0.4, -0.2) is 22.6 Å². The minimum Gasteiger partial charge on any atom is -0.255 e. The molecule has 0 fully saturated rings. The van der Waals surface area contributed by atoms with E-state index in [1.54, 1.807) is 31.3 Å². The molecule has 0 atom stereocenters. The van der Waals surface area contributed by atoms with Gasteiger partial charge in [0, 0.05) is 17.8 Å². The van der Waals surface area contributed by atoms with Crippen molar-refractivity contribution in [3.63, 3.8) is 0 Å². The number of hydrogen-bond donors (Lipinski definition) is 0. The van der Waals surface area contributed by atoms with Gasteiger partial charge in [0.05, 0.1) is 11.7 Å². The van der Waals surface area contributed by atoms with Crippen molar-refractivity contribution in [3.8, 4) is 0 Å². The molecule has 1 aromatic carbocycles. The second-order valence-electron chi connectivity index (χ2n) is 4.23. The number of pyridine rings is 1. The van der Waals surface area contributed by atoms with Crippen molar-refractivity contribution in [2.75, 3.05) is 0 Å². The van der Waals surface area contributed by atoms with E-state index in [0.717, 1.165) is 15.0 Å². The largest absolute Gasteiger partial charge is 0.285 e. The second kappa shape index (κ2) is 4.17. The SMILES string of the molecule is Cc1cnn(S(=O)(=O)c2cccc3cccnc23)c1. The molecule has 0 saturated heterocycles. The molecule has 2 heterocycles. The van der Waals surface area contributed by atoms with Crippen LogP contribution in [0.3, 0.4) is 0 Å². The maximum Gasteiger partial charge on any atom is 0.285 e. The molecule has 3 aromatic rings. The van der Waals surface area contributed by atoms with Gasteiger partial charge in [-0.05, 0) is 24.6 Å². The first kappa shape index (κ1) is 11.9. The van der Waals surface area contributed by atoms with Crippen LogP contribution in [0.15, 0.2) is 53.8 Å². The number of rotatable bonds is 2. The summed E-state index contributed by atoms with van der Waals surface area (Å²) in [6.45, 7) is 1.79. The van der Waals surface area contributed by atoms with Gasteiger partial charge in [-0.1, -0.05) is 18.2 Å². The molecular weight excluding hydrogens is 262 g/mol. The van der Waals surface area contributed by atoms with Crippen LogP contribution < -0.4 is 0 Å². The molecule has 0 saturated carbocycles. The topological polar surface area (TPSA) is 64.8 Å². The summed E-state index contributed by atoms with van der Waals surface area (Å²) in [5.41, 5.74) is 1.25. The highest BCUT2D eigenvalue weighted by molar-refractivity contribution is 7.90. The Hall–Kier alpha value is -2.21. The third kappa shape index (κ3) is 1.90. The first-order valence-corrected chi connectivity index (χ1v) is 7.14. The molecule has 0 amide bonds. The second-order valence-corrected chi connectivity index (χ2v) is 5.99. The fourth-order valence-electron chi connectivity index (χ4n) is 1.91. The van der Waals surface area contributed by atoms with Gasteiger partial charge >= 0.3 is 0 Å². The molecule has 0 bridgehead atoms. The Morgan fingerprint density at radius 1 is 1.16 bits per heavy atom. The average molecular weight is 273 g/mol. The molecule has 3 rings (SSSR count). The molecule has 0 unspecified atom stereocenters. The first-order valence-electron chi connectivity index (χ1n) is 5.69. The van der Waals surface area contributed by atoms with E-state index in [1.165, 1.54) is 12.4 Å². The van der Waals surface area contributed by atoms with Crippen molar-refractivity contribution in [1.82, 2.24) is 14.2 Å². The van der Waals surface area contributed by atoms with E-state index in [-0.39, 0.29) is 4.90 Å². The maximum absolute atomic E-state index is 12.5. The summed E-state index contributed by atoms with van der Waals surface area (Å²) in [7, 11) is -3.70. The Morgan fingerprint density at radius 3 is 2.68 bits per heavy atom. The minimum atomic E-state index is -3.70. The van der Waals surface area contributed by atoms with Crippen molar-refractivity contribution in [2.45, 2.75) is 11.8 Å². The van der Waals surface area contributed by atoms with Gasteiger partial charge in [-0.3, -0.25) is 4.98 Å². The highest BCUT2D eigenvalue weighted by Gasteiger charge is 2.20. The van der Waals surface area contributed by atoms with Crippen molar-refractivity contribution in [1.29, 1.82) is 0 Å². The first-order chi connectivity index (χ1) is 9.09. The third-order valence-corrected chi connectivity index (χ3v) is 4.39. The van der Waals surface area contributed by atoms with Crippen LogP contribution in [0.2, 0.25) is 0 Å². The van der Waals surface area contributed by atoms with E-state index in [1.807, 2.05) is 12.1 Å². The van der Waals surface area contributed by atoms with Crippen molar-refractivity contribution >= 4 is 20.9 Å². The van der Waals surface area contributed by atoms with Crippen LogP contribution in [0.4, 0.5) is 0 Å². The molecule has 0 radical (unpaired) electrons. The number of aromatic nitrogens is 3. The summed E-state index contributed by atoms with van der Waals surface area (Å²) >= 11 is 0. The quantitative estimate of drug-likeness (QED) is 0.716. The van der Waals surface area contributed by atoms with Gasteiger partial charge in [-0.15, -0.1) is 0 Å². The number of aryl methyl sites for hydroxylation is 1. The van der Waals surface area contributed by atoms with Crippen LogP contribution in [0.5, 0.6) is 0 Å². The Bertz CT molecular complexity index is 848. The van der Waals surface area contributed by atoms with Crippen molar-refractivity contribution in [2.24, 2.45) is 0 Å². The summed E-state index contributed by atoms with van der Waals surface area (Å²) < 4.78 is 26.0. The zero-order valence-corrected chi connectivity index (χ0v) is 11.0. The van der Waals surface area contributed by atoms with E-state index < -0.39 is 10.0 Å². The number of fused-ring (bicyclic) bond motifs is 1. The number of hydrogen-bond acceptors (Lipinski definition) is 4. The Labute approximate surface area is 110 Å². The molecule has 5 nitrogen and oxygen atoms in total. The highest BCUT2D eigenvalue weighted by atomic mass is 32.2. The fourth-order valence-corrected chi connectivity index (χ4v) is 3.25. The lowest BCUT2D eigenvalue weighted by Gasteiger charge is -2.06. The fraction of sp³-hybridized carbons (Fsp3) is 0.0769. The predicted octanol–water partition coefficient (Wildman–Crippen LogP) is 1.98. The maximum atomic E-state index is 12.5. The zero-order chi connectivity index (χ0) is 13.5. The summed E-state index contributed by atoms with van der Waals surface area (Å²) in [6.07, 6.45) is 4.57. The summed E-state index contributed by atoms with van der Waals surface area (Å²) in [5.74, 6) is 0. The summed E-state index contributed by atoms with van der Waals surface area (Å²) in [5, 5.41) is 4.66. The molecule has 0 N–H and O–H groups in total. The Balaban J connectivity index is 2.30. The van der Waals surface area contributed by atoms with Crippen LogP contribution in [0.1, 0.15) is 5.56 Å². The van der Waals surface area contributed by atoms with E-state index in [9.17, 15) is 8.42 Å². The molecule has 19 heavy (non-hydrogen) atoms. The van der Waals surface area contributed by atoms with E-state index >= 15 is 0 Å². The molecule has 0 spiro atoms. The molecule has 0 aliphatic heterocycles. The van der Waals surface area contributed by atoms with Gasteiger partial charge in [0.1, 0.15) is 4.90 Å². The van der Waals surface area contributed by atoms with Gasteiger partial charge in [0.15, 0.2) is 0 Å². The monoisotopic (exact) mass is 273 g/mol. The zero-order valence-electron chi connectivity index (χ0n) is 10.2. The minimum absolute atomic E-state index is 0.161. The molecule has 0 aliphatic carbocycles. The molecule has 0 aliphatic rings. The lowest BCUT2D eigenvalue weighted by Crippen LogP contribution is -2.14. The summed E-state index contributed by atoms with van der Waals surface area (Å²) in [6, 6.07) is 8.68. The van der Waals surface area contributed by atoms with Gasteiger partial charge in [-0.25, -0.2) is 0 Å². The number of para-hydroxylation sites is 1. The normalized spacial score (nSPS) is 11.8. The van der Waals surface area contributed by atoms with Crippen molar-refractivity contribution in [3.05, 3.63) is 54.5 Å². The smallest absolute Gasteiger partial charge is 0.255 e. The molecule has 96 valence electrons. The van der Waals surface area contributed by atoms with Gasteiger partial charge in [0.2, 0.25) is 0 Å². The van der Waals surface area contributed by atoms with E-state index in [4.69, 9.17) is 0 Å². The summed E-state index contributed by atoms with van der Waals surface area (Å²) in [4.78, 5) is 4.32. The Morgan fingerprint density at radius 2 is 1.95 bits per heavy atom. The van der Waals surface area contributed by atoms with Crippen molar-refractivity contribution < 1.29 is 8.42 Å². The lowest BCUT2D eigenvalue weighted by molar-refractivity contribution is 0.581. The van der Waals surface area contributed by atoms with E-state index in [2.05, 4.69) is 10.1 Å². The van der Waals surface area contributed by atoms with E-state index in [0.29, 0.717) is 5.52 Å². The average Bonchev–Trinajstić information content (AvgIpc) is 2.85. The molecule has 2 aromatic heterocycles. The highest BCUT2D eigenvalue weighted by Crippen LogP contribution is 2.22. The van der Waals surface area contributed by atoms with Crippen LogP contribution in [-0.2, 0) is 10.0 Å². The number of benzene rings is 1. The van der Waals surface area contributed by atoms with Gasteiger partial charge in [0.25, 0.3) is 10.0 Å². The number of nitrogens with zero attached hydrogens (tertiary/aromatic N) is 3. The van der Waals surface area contributed by atoms with Crippen LogP contribution in [0.25, 0.3) is 10.9 Å². The molecular formula is C13H11N3O2S. The standard InChI is InChI=1S/C13H11N3O2S/c1-10-8-15-16(9-10)19(17,18)12-6-2-4-11-5-3-7-14-13(11)12/h2-9H,1H3.